The predicted molar refractivity (Wildman–Crippen MR) is 159 cm³/mol. The van der Waals surface area contributed by atoms with E-state index in [9.17, 15) is 13.2 Å². The number of nitrogens with zero attached hydrogens (tertiary/aromatic N) is 4. The maximum atomic E-state index is 13.8. The Kier molecular flexibility index (Phi) is 8.41. The van der Waals surface area contributed by atoms with Crippen molar-refractivity contribution in [2.24, 2.45) is 0 Å². The van der Waals surface area contributed by atoms with Gasteiger partial charge in [0.25, 0.3) is 10.0 Å². The topological polar surface area (TPSA) is 94.4 Å². The second-order valence-corrected chi connectivity index (χ2v) is 12.5. The number of carbonyl (C=O) groups is 1. The number of aromatic nitrogens is 3. The quantitative estimate of drug-likeness (QED) is 0.124. The number of carbonyl (C=O) groups excluding carboxylic acids is 1. The van der Waals surface area contributed by atoms with E-state index in [0.29, 0.717) is 17.9 Å². The molecule has 0 aliphatic carbocycles. The number of hydrogen-bond donors (Lipinski definition) is 0. The zero-order chi connectivity index (χ0) is 28.3. The molecule has 0 atom stereocenters. The van der Waals surface area contributed by atoms with Gasteiger partial charge in [0, 0.05) is 45.0 Å². The van der Waals surface area contributed by atoms with Gasteiger partial charge in [0.15, 0.2) is 0 Å². The molecule has 0 saturated carbocycles. The van der Waals surface area contributed by atoms with Crippen LogP contribution in [0.5, 0.6) is 0 Å². The molecule has 0 saturated heterocycles. The van der Waals surface area contributed by atoms with Crippen molar-refractivity contribution in [3.05, 3.63) is 88.6 Å². The predicted octanol–water partition coefficient (Wildman–Crippen LogP) is 6.99. The van der Waals surface area contributed by atoms with Crippen LogP contribution in [0.3, 0.4) is 0 Å². The Morgan fingerprint density at radius 2 is 1.82 bits per heavy atom. The van der Waals surface area contributed by atoms with Gasteiger partial charge in [-0.25, -0.2) is 18.4 Å². The van der Waals surface area contributed by atoms with Crippen molar-refractivity contribution in [1.29, 1.82) is 0 Å². The Balaban J connectivity index is 1.53. The molecule has 0 radical (unpaired) electrons. The van der Waals surface area contributed by atoms with Crippen molar-refractivity contribution in [3.8, 4) is 16.4 Å². The van der Waals surface area contributed by atoms with E-state index in [4.69, 9.17) is 27.9 Å². The fraction of sp³-hybridized carbons (Fsp3) is 0.179. The first kappa shape index (κ1) is 28.1. The summed E-state index contributed by atoms with van der Waals surface area (Å²) in [5, 5.41) is 3.88. The number of rotatable bonds is 10. The van der Waals surface area contributed by atoms with Crippen molar-refractivity contribution in [2.75, 3.05) is 17.5 Å². The summed E-state index contributed by atoms with van der Waals surface area (Å²) in [6, 6.07) is 14.9. The molecule has 3 aromatic heterocycles. The lowest BCUT2D eigenvalue weighted by Gasteiger charge is -2.24. The van der Waals surface area contributed by atoms with Crippen LogP contribution >= 0.6 is 34.5 Å². The van der Waals surface area contributed by atoms with Gasteiger partial charge in [-0.05, 0) is 61.0 Å². The number of thiazole rings is 1. The van der Waals surface area contributed by atoms with E-state index in [2.05, 4.69) is 9.97 Å². The van der Waals surface area contributed by atoms with E-state index in [1.807, 2.05) is 41.3 Å². The summed E-state index contributed by atoms with van der Waals surface area (Å²) >= 11 is 13.8. The number of unbranched alkanes of at least 4 members (excludes halogenated alkanes) is 1. The van der Waals surface area contributed by atoms with Crippen LogP contribution in [0.4, 0.5) is 5.69 Å². The van der Waals surface area contributed by atoms with Crippen LogP contribution in [0, 0.1) is 0 Å². The third kappa shape index (κ3) is 6.00. The molecule has 0 spiro atoms. The number of hydrogen-bond acceptors (Lipinski definition) is 7. The Labute approximate surface area is 245 Å². The first-order valence-corrected chi connectivity index (χ1v) is 15.5. The maximum absolute atomic E-state index is 13.8. The second kappa shape index (κ2) is 12.0. The third-order valence-electron chi connectivity index (χ3n) is 6.09. The highest BCUT2D eigenvalue weighted by atomic mass is 35.5. The molecule has 5 aromatic rings. The number of anilines is 1. The molecule has 8 nitrogen and oxygen atoms in total. The lowest BCUT2D eigenvalue weighted by molar-refractivity contribution is -0.141. The van der Waals surface area contributed by atoms with Crippen molar-refractivity contribution in [2.45, 2.75) is 24.7 Å². The van der Waals surface area contributed by atoms with E-state index in [1.165, 1.54) is 29.5 Å². The largest absolute Gasteiger partial charge is 0.464 e. The maximum Gasteiger partial charge on any atom is 0.326 e. The summed E-state index contributed by atoms with van der Waals surface area (Å²) in [4.78, 5) is 21.5. The molecule has 0 fully saturated rings. The highest BCUT2D eigenvalue weighted by molar-refractivity contribution is 7.92. The third-order valence-corrected chi connectivity index (χ3v) is 9.10. The summed E-state index contributed by atoms with van der Waals surface area (Å²) in [5.41, 5.74) is 2.04. The van der Waals surface area contributed by atoms with Gasteiger partial charge in [0.2, 0.25) is 0 Å². The average molecular weight is 616 g/mol. The molecule has 0 unspecified atom stereocenters. The van der Waals surface area contributed by atoms with Gasteiger partial charge < -0.3 is 9.30 Å². The van der Waals surface area contributed by atoms with Crippen LogP contribution in [0.1, 0.15) is 19.8 Å². The summed E-state index contributed by atoms with van der Waals surface area (Å²) in [5.74, 6) is 0.0269. The Hall–Kier alpha value is -3.44. The van der Waals surface area contributed by atoms with Crippen LogP contribution < -0.4 is 4.31 Å². The highest BCUT2D eigenvalue weighted by Gasteiger charge is 2.29. The smallest absolute Gasteiger partial charge is 0.326 e. The van der Waals surface area contributed by atoms with Crippen LogP contribution in [0.25, 0.3) is 27.3 Å². The Bertz CT molecular complexity index is 1750. The number of benzene rings is 2. The van der Waals surface area contributed by atoms with Crippen molar-refractivity contribution < 1.29 is 17.9 Å². The van der Waals surface area contributed by atoms with E-state index in [1.54, 1.807) is 30.6 Å². The first-order chi connectivity index (χ1) is 19.3. The number of esters is 1. The first-order valence-electron chi connectivity index (χ1n) is 12.4. The number of sulfonamides is 1. The Morgan fingerprint density at radius 3 is 2.55 bits per heavy atom. The molecular formula is C28H24Cl2N4O4S2. The summed E-state index contributed by atoms with van der Waals surface area (Å²) in [6.45, 7) is 1.67. The zero-order valence-corrected chi connectivity index (χ0v) is 24.5. The van der Waals surface area contributed by atoms with Crippen LogP contribution in [-0.4, -0.2) is 42.1 Å². The minimum Gasteiger partial charge on any atom is -0.464 e. The number of halogens is 2. The second-order valence-electron chi connectivity index (χ2n) is 8.86. The van der Waals surface area contributed by atoms with E-state index < -0.39 is 22.5 Å². The fourth-order valence-electron chi connectivity index (χ4n) is 4.15. The van der Waals surface area contributed by atoms with Gasteiger partial charge in [0.1, 0.15) is 17.4 Å². The van der Waals surface area contributed by atoms with E-state index >= 15 is 0 Å². The molecule has 12 heteroatoms. The lowest BCUT2D eigenvalue weighted by atomic mass is 10.2. The summed E-state index contributed by atoms with van der Waals surface area (Å²) < 4.78 is 35.8. The molecule has 206 valence electrons. The molecule has 0 aliphatic heterocycles. The number of pyridine rings is 1. The van der Waals surface area contributed by atoms with Gasteiger partial charge in [0.05, 0.1) is 22.7 Å². The molecule has 0 aliphatic rings. The van der Waals surface area contributed by atoms with Gasteiger partial charge in [-0.15, -0.1) is 11.3 Å². The van der Waals surface area contributed by atoms with Crippen molar-refractivity contribution >= 4 is 67.1 Å². The summed E-state index contributed by atoms with van der Waals surface area (Å²) in [6.07, 6.45) is 6.85. The van der Waals surface area contributed by atoms with Gasteiger partial charge >= 0.3 is 5.97 Å². The SMILES string of the molecule is CCCCOC(=O)CN(c1ccc2c(ccn2-c2cc(-c3nccs3)ccn2)c1)S(=O)(=O)c1cc(Cl)cc(Cl)c1. The van der Waals surface area contributed by atoms with Crippen LogP contribution in [0.2, 0.25) is 10.0 Å². The number of ether oxygens (including phenoxy) is 1. The molecule has 0 amide bonds. The number of fused-ring (bicyclic) bond motifs is 1. The van der Waals surface area contributed by atoms with Gasteiger partial charge in [-0.3, -0.25) is 9.10 Å². The monoisotopic (exact) mass is 614 g/mol. The van der Waals surface area contributed by atoms with Crippen molar-refractivity contribution in [1.82, 2.24) is 14.5 Å². The molecule has 3 heterocycles. The Morgan fingerprint density at radius 1 is 1.02 bits per heavy atom. The van der Waals surface area contributed by atoms with E-state index in [0.717, 1.165) is 32.2 Å². The lowest BCUT2D eigenvalue weighted by Crippen LogP contribution is -2.36. The normalized spacial score (nSPS) is 11.6. The molecule has 40 heavy (non-hydrogen) atoms. The minimum atomic E-state index is -4.23. The molecular weight excluding hydrogens is 591 g/mol. The van der Waals surface area contributed by atoms with Gasteiger partial charge in [-0.1, -0.05) is 36.5 Å². The summed E-state index contributed by atoms with van der Waals surface area (Å²) in [7, 11) is -4.23. The minimum absolute atomic E-state index is 0.132. The van der Waals surface area contributed by atoms with Gasteiger partial charge in [-0.2, -0.15) is 0 Å². The molecule has 0 bridgehead atoms. The highest BCUT2D eigenvalue weighted by Crippen LogP contribution is 2.32. The van der Waals surface area contributed by atoms with E-state index in [-0.39, 0.29) is 21.5 Å². The van der Waals surface area contributed by atoms with Crippen molar-refractivity contribution in [3.63, 3.8) is 0 Å². The molecule has 5 rings (SSSR count). The van der Waals surface area contributed by atoms with Crippen LogP contribution in [0.15, 0.2) is 83.5 Å². The zero-order valence-electron chi connectivity index (χ0n) is 21.3. The molecule has 0 N–H and O–H groups in total. The fourth-order valence-corrected chi connectivity index (χ4v) is 6.91. The van der Waals surface area contributed by atoms with Crippen LogP contribution in [-0.2, 0) is 19.6 Å². The standard InChI is InChI=1S/C28H24Cl2N4O4S2/c1-2-3-11-38-27(35)18-34(40(36,37)24-16-21(29)15-22(30)17-24)23-4-5-25-19(13-23)7-10-33(25)26-14-20(6-8-31-26)28-32-9-12-39-28/h4-10,12-17H,2-3,11,18H2,1H3. The average Bonchev–Trinajstić information content (AvgIpc) is 3.62. The molecule has 2 aromatic carbocycles.